The Balaban J connectivity index is 0.000000176. The van der Waals surface area contributed by atoms with E-state index in [0.717, 1.165) is 258 Å². The number of hydrogen-bond donors (Lipinski definition) is 1. The predicted octanol–water partition coefficient (Wildman–Crippen LogP) is 28.5. The highest BCUT2D eigenvalue weighted by Crippen LogP contribution is 2.46. The van der Waals surface area contributed by atoms with Gasteiger partial charge in [-0.2, -0.15) is 65.1 Å². The van der Waals surface area contributed by atoms with E-state index in [9.17, 15) is 0 Å². The Hall–Kier alpha value is -14.1. The summed E-state index contributed by atoms with van der Waals surface area (Å²) in [6, 6.07) is 74.6. The Morgan fingerprint density at radius 3 is 0.846 bits per heavy atom. The standard InChI is InChI=1S/C61H73N9O4.C31H38BrN3O2.C30H36N6O2/c1-39(2)34-70-66-60-54(46-18-26-50(27-19-46)73-37-42(7)8)58-59(55(61(60)67-70)47-20-28-51(29-21-47)74-38-43(9)10)65-69(64-58)33-13-11-12-32-68-62-56-52(44-14-22-48(23-15-44)71-35-40(3)4)30-31-53(57(56)63-68)45-16-24-49(25-17-45)72-36-41(5)6;1-22(2)20-36-26-12-8-24(9-13-26)28-16-17-29(25-10-14-27(15-11-25)37-21-23(3)4)31-30(28)33-35(34-31)19-7-5-6-18-32;1-18(2)15-36-33-29-25(21-7-11-23(12-8-21)37-16-19(3)4)27-28(32-35-31-27)26(30(29)34-36)22-9-13-24(14-10-22)38-17-20(5)6/h14-31,39-43H,11-13,32-38H2,1-10H3;8-17,22-23H,5-7,18-21H2,1-4H3;7-14,18-20,33H,15-17H2,1-6H3. The number of rotatable bonds is 47. The lowest BCUT2D eigenvalue weighted by atomic mass is 9.95. The highest BCUT2D eigenvalue weighted by atomic mass is 79.9. The SMILES string of the molecule is CC(C)COc1ccc(-c2c3nnnc3c(-c3ccc(OCC(C)C)cc3)c3[nH]n(CC(C)C)nc23)cc1.CC(C)COc1ccc(-c2ccc(-c3ccc(OCC(C)C)cc3)c3nn(CCCCCBr)nc23)cc1.CC(C)COc1ccc(-c2ccc(-c3ccc(OCC(C)C)cc3)c3nn(CCCCC[n+]4nc5c(-c6ccc(OCC(C)C)cc6)c6nn(CC(C)C)nc6c(-c6ccc(OCC(C)C)cc6)c5[n-]4)nc23)cc1. The van der Waals surface area contributed by atoms with Gasteiger partial charge in [0, 0.05) is 67.3 Å². The number of aromatic nitrogens is 18. The van der Waals surface area contributed by atoms with Crippen LogP contribution >= 0.6 is 15.9 Å². The van der Waals surface area contributed by atoms with E-state index >= 15 is 0 Å². The number of nitrogens with zero attached hydrogens (tertiary/aromatic N) is 17. The fourth-order valence-corrected chi connectivity index (χ4v) is 17.8. The number of aryl methyl sites for hydroxylation is 3. The number of ether oxygens (including phenoxy) is 8. The van der Waals surface area contributed by atoms with Crippen LogP contribution in [0.25, 0.3) is 155 Å². The van der Waals surface area contributed by atoms with Gasteiger partial charge in [0.05, 0.1) is 84.6 Å². The molecule has 0 saturated carbocycles. The maximum Gasteiger partial charge on any atom is 0.162 e. The Kier molecular flexibility index (Phi) is 36.7. The predicted molar refractivity (Wildman–Crippen MR) is 604 cm³/mol. The molecule has 27 heteroatoms. The molecule has 0 unspecified atom stereocenters. The van der Waals surface area contributed by atoms with Crippen LogP contribution in [-0.2, 0) is 32.7 Å². The van der Waals surface area contributed by atoms with Crippen LogP contribution in [0.5, 0.6) is 46.0 Å². The third-order valence-corrected chi connectivity index (χ3v) is 25.3. The Bertz CT molecular complexity index is 6950. The van der Waals surface area contributed by atoms with Gasteiger partial charge in [-0.25, -0.2) is 4.80 Å². The second-order valence-corrected chi connectivity index (χ2v) is 44.0. The Morgan fingerprint density at radius 2 is 0.537 bits per heavy atom. The van der Waals surface area contributed by atoms with E-state index in [4.69, 9.17) is 83.8 Å². The highest BCUT2D eigenvalue weighted by molar-refractivity contribution is 9.09. The van der Waals surface area contributed by atoms with Crippen LogP contribution < -0.4 is 47.8 Å². The first-order valence-corrected chi connectivity index (χ1v) is 54.6. The molecule has 0 fully saturated rings. The van der Waals surface area contributed by atoms with Crippen molar-refractivity contribution in [1.29, 1.82) is 0 Å². The summed E-state index contributed by atoms with van der Waals surface area (Å²) in [6.45, 7) is 52.1. The summed E-state index contributed by atoms with van der Waals surface area (Å²) < 4.78 is 47.8. The molecule has 0 bridgehead atoms. The van der Waals surface area contributed by atoms with Gasteiger partial charge in [-0.3, -0.25) is 5.10 Å². The molecule has 0 aliphatic heterocycles. The molecule has 149 heavy (non-hydrogen) atoms. The molecule has 6 heterocycles. The zero-order valence-corrected chi connectivity index (χ0v) is 92.0. The monoisotopic (exact) mass is 2070 g/mol. The van der Waals surface area contributed by atoms with Gasteiger partial charge in [-0.1, -0.05) is 282 Å². The van der Waals surface area contributed by atoms with Crippen molar-refractivity contribution in [2.24, 2.45) is 59.2 Å². The topological polar surface area (TPSA) is 269 Å². The van der Waals surface area contributed by atoms with Gasteiger partial charge in [-0.05, 0) is 232 Å². The number of H-pyrrole nitrogens is 1. The maximum absolute atomic E-state index is 6.10. The highest BCUT2D eigenvalue weighted by Gasteiger charge is 2.28. The number of nitrogens with one attached hydrogen (secondary N) is 1. The Labute approximate surface area is 885 Å². The fraction of sp³-hybridized carbons (Fsp3) is 0.410. The third-order valence-electron chi connectivity index (χ3n) is 24.8. The number of aromatic amines is 1. The maximum atomic E-state index is 6.10. The molecule has 12 aromatic carbocycles. The van der Waals surface area contributed by atoms with E-state index in [-0.39, 0.29) is 0 Å². The third kappa shape index (κ3) is 28.1. The van der Waals surface area contributed by atoms with Crippen molar-refractivity contribution in [3.05, 3.63) is 218 Å². The van der Waals surface area contributed by atoms with E-state index in [2.05, 4.69) is 296 Å². The fourth-order valence-electron chi connectivity index (χ4n) is 17.4. The Morgan fingerprint density at radius 1 is 0.262 bits per heavy atom. The summed E-state index contributed by atoms with van der Waals surface area (Å²) >= 11 is 3.52. The summed E-state index contributed by atoms with van der Waals surface area (Å²) in [5, 5.41) is 63.8. The molecule has 26 nitrogen and oxygen atoms in total. The summed E-state index contributed by atoms with van der Waals surface area (Å²) in [4.78, 5) is 9.33. The molecule has 0 aliphatic rings. The van der Waals surface area contributed by atoms with Gasteiger partial charge in [0.1, 0.15) is 95.6 Å². The van der Waals surface area contributed by atoms with E-state index in [0.29, 0.717) is 132 Å². The minimum Gasteiger partial charge on any atom is -0.493 e. The van der Waals surface area contributed by atoms with Crippen molar-refractivity contribution in [3.8, 4) is 135 Å². The molecule has 780 valence electrons. The van der Waals surface area contributed by atoms with Crippen molar-refractivity contribution in [2.45, 2.75) is 210 Å². The van der Waals surface area contributed by atoms with E-state index in [1.807, 2.05) is 121 Å². The van der Waals surface area contributed by atoms with Gasteiger partial charge < -0.3 is 37.9 Å². The van der Waals surface area contributed by atoms with Gasteiger partial charge in [0.25, 0.3) is 0 Å². The smallest absolute Gasteiger partial charge is 0.162 e. The zero-order chi connectivity index (χ0) is 105. The normalized spacial score (nSPS) is 11.9. The van der Waals surface area contributed by atoms with Crippen molar-refractivity contribution in [3.63, 3.8) is 0 Å². The molecule has 0 saturated heterocycles. The molecular formula is C122H147BrN18O8. The average molecular weight is 2070 g/mol. The van der Waals surface area contributed by atoms with Crippen molar-refractivity contribution in [1.82, 2.24) is 85.6 Å². The number of unbranched alkanes of at least 4 members (excludes halogenated alkanes) is 4. The number of alkyl halides is 1. The van der Waals surface area contributed by atoms with E-state index in [1.165, 1.54) is 0 Å². The van der Waals surface area contributed by atoms with Gasteiger partial charge in [0.2, 0.25) is 0 Å². The number of hydrogen-bond acceptors (Lipinski definition) is 19. The molecule has 18 rings (SSSR count). The van der Waals surface area contributed by atoms with E-state index < -0.39 is 0 Å². The van der Waals surface area contributed by atoms with Crippen LogP contribution in [0.3, 0.4) is 0 Å². The average Bonchev–Trinajstić information content (AvgIpc) is 1.58. The molecule has 1 N–H and O–H groups in total. The molecule has 0 radical (unpaired) electrons. The van der Waals surface area contributed by atoms with Gasteiger partial charge in [0.15, 0.2) is 6.54 Å². The lowest BCUT2D eigenvalue weighted by Crippen LogP contribution is -2.40. The van der Waals surface area contributed by atoms with Gasteiger partial charge in [-0.15, -0.1) is 10.2 Å². The number of benzene rings is 12. The molecule has 0 amide bonds. The quantitative estimate of drug-likeness (QED) is 0.0211. The van der Waals surface area contributed by atoms with Gasteiger partial charge >= 0.3 is 0 Å². The van der Waals surface area contributed by atoms with E-state index in [1.54, 1.807) is 0 Å². The molecule has 0 spiro atoms. The van der Waals surface area contributed by atoms with Crippen LogP contribution in [-0.4, -0.2) is 139 Å². The first-order valence-electron chi connectivity index (χ1n) is 53.4. The molecular weight excluding hydrogens is 1930 g/mol. The summed E-state index contributed by atoms with van der Waals surface area (Å²) in [7, 11) is 0. The minimum absolute atomic E-state index is 0.351. The van der Waals surface area contributed by atoms with Crippen LogP contribution in [0.2, 0.25) is 0 Å². The first kappa shape index (κ1) is 108. The molecule has 6 aromatic heterocycles. The molecule has 0 aliphatic carbocycles. The second kappa shape index (κ2) is 50.8. The van der Waals surface area contributed by atoms with Crippen LogP contribution in [0, 0.1) is 59.2 Å². The number of halogens is 1. The lowest BCUT2D eigenvalue weighted by Gasteiger charge is -2.13. The summed E-state index contributed by atoms with van der Waals surface area (Å²) in [5.74, 6) is 11.3. The van der Waals surface area contributed by atoms with Crippen molar-refractivity contribution < 1.29 is 42.7 Å². The summed E-state index contributed by atoms with van der Waals surface area (Å²) in [5.41, 5.74) is 26.2. The second-order valence-electron chi connectivity index (χ2n) is 43.2. The summed E-state index contributed by atoms with van der Waals surface area (Å²) in [6.07, 6.45) is 6.03. The van der Waals surface area contributed by atoms with Crippen LogP contribution in [0.15, 0.2) is 218 Å². The minimum atomic E-state index is 0.351. The lowest BCUT2D eigenvalue weighted by molar-refractivity contribution is -0.804. The zero-order valence-electron chi connectivity index (χ0n) is 90.4. The first-order chi connectivity index (χ1) is 72.0. The van der Waals surface area contributed by atoms with Crippen molar-refractivity contribution >= 4 is 82.1 Å². The largest absolute Gasteiger partial charge is 0.493 e. The molecule has 0 atom stereocenters. The van der Waals surface area contributed by atoms with Crippen LogP contribution in [0.1, 0.15) is 177 Å². The number of fused-ring (bicyclic) bond motifs is 6. The van der Waals surface area contributed by atoms with Crippen molar-refractivity contribution in [2.75, 3.05) is 58.2 Å². The van der Waals surface area contributed by atoms with Crippen LogP contribution in [0.4, 0.5) is 0 Å². The molecule has 18 aromatic rings.